The molecule has 0 amide bonds. The van der Waals surface area contributed by atoms with Crippen LogP contribution >= 0.6 is 27.3 Å². The average molecular weight is 349 g/mol. The smallest absolute Gasteiger partial charge is 0.189 e. The number of rotatable bonds is 4. The van der Waals surface area contributed by atoms with Gasteiger partial charge in [-0.15, -0.1) is 0 Å². The first-order valence-electron chi connectivity index (χ1n) is 6.20. The maximum atomic E-state index is 5.91. The Kier molecular flexibility index (Phi) is 3.94. The molecule has 0 unspecified atom stereocenters. The molecule has 0 N–H and O–H groups in total. The van der Waals surface area contributed by atoms with Crippen LogP contribution in [0.4, 0.5) is 0 Å². The Balaban J connectivity index is 1.86. The summed E-state index contributed by atoms with van der Waals surface area (Å²) in [6.45, 7) is 0.573. The van der Waals surface area contributed by atoms with Crippen molar-refractivity contribution in [1.29, 1.82) is 0 Å². The van der Waals surface area contributed by atoms with Crippen LogP contribution in [0.3, 0.4) is 0 Å². The summed E-state index contributed by atoms with van der Waals surface area (Å²) in [5, 5.41) is 2.05. The molecule has 0 spiro atoms. The summed E-state index contributed by atoms with van der Waals surface area (Å²) < 4.78 is 13.3. The number of ether oxygens (including phenoxy) is 2. The van der Waals surface area contributed by atoms with E-state index in [0.29, 0.717) is 6.61 Å². The molecule has 3 rings (SSSR count). The molecular formula is C16H13BrO2S. The molecule has 2 aromatic carbocycles. The molecule has 0 fully saturated rings. The Morgan fingerprint density at radius 3 is 2.65 bits per heavy atom. The first kappa shape index (κ1) is 13.5. The zero-order valence-electron chi connectivity index (χ0n) is 10.9. The van der Waals surface area contributed by atoms with E-state index < -0.39 is 0 Å². The molecule has 0 saturated heterocycles. The maximum Gasteiger partial charge on any atom is 0.189 e. The SMILES string of the molecule is COc1ccc2c(Br)c(OCc3ccccc3)sc2c1. The van der Waals surface area contributed by atoms with E-state index in [0.717, 1.165) is 30.9 Å². The summed E-state index contributed by atoms with van der Waals surface area (Å²) in [7, 11) is 1.68. The monoisotopic (exact) mass is 348 g/mol. The molecule has 3 aromatic rings. The largest absolute Gasteiger partial charge is 0.497 e. The van der Waals surface area contributed by atoms with Gasteiger partial charge in [0.2, 0.25) is 0 Å². The number of hydrogen-bond donors (Lipinski definition) is 0. The predicted molar refractivity (Wildman–Crippen MR) is 86.9 cm³/mol. The van der Waals surface area contributed by atoms with E-state index in [1.54, 1.807) is 18.4 Å². The molecule has 1 heterocycles. The second-order valence-electron chi connectivity index (χ2n) is 4.34. The van der Waals surface area contributed by atoms with Crippen molar-refractivity contribution in [3.63, 3.8) is 0 Å². The number of thiophene rings is 1. The fourth-order valence-corrected chi connectivity index (χ4v) is 3.77. The van der Waals surface area contributed by atoms with E-state index in [2.05, 4.69) is 28.1 Å². The van der Waals surface area contributed by atoms with Crippen molar-refractivity contribution in [3.8, 4) is 10.8 Å². The Morgan fingerprint density at radius 2 is 1.90 bits per heavy atom. The summed E-state index contributed by atoms with van der Waals surface area (Å²) in [4.78, 5) is 0. The van der Waals surface area contributed by atoms with E-state index in [1.807, 2.05) is 36.4 Å². The fraction of sp³-hybridized carbons (Fsp3) is 0.125. The van der Waals surface area contributed by atoms with Crippen LogP contribution in [0.1, 0.15) is 5.56 Å². The average Bonchev–Trinajstić information content (AvgIpc) is 2.82. The second kappa shape index (κ2) is 5.85. The van der Waals surface area contributed by atoms with Crippen LogP contribution < -0.4 is 9.47 Å². The van der Waals surface area contributed by atoms with E-state index in [-0.39, 0.29) is 0 Å². The zero-order valence-corrected chi connectivity index (χ0v) is 13.3. The number of hydrogen-bond acceptors (Lipinski definition) is 3. The first-order valence-corrected chi connectivity index (χ1v) is 7.81. The summed E-state index contributed by atoms with van der Waals surface area (Å²) >= 11 is 5.24. The highest BCUT2D eigenvalue weighted by Gasteiger charge is 2.12. The van der Waals surface area contributed by atoms with Crippen molar-refractivity contribution in [2.45, 2.75) is 6.61 Å². The lowest BCUT2D eigenvalue weighted by Gasteiger charge is -2.03. The quantitative estimate of drug-likeness (QED) is 0.640. The lowest BCUT2D eigenvalue weighted by Crippen LogP contribution is -1.93. The van der Waals surface area contributed by atoms with E-state index in [4.69, 9.17) is 9.47 Å². The number of methoxy groups -OCH3 is 1. The third kappa shape index (κ3) is 2.67. The maximum absolute atomic E-state index is 5.91. The van der Waals surface area contributed by atoms with E-state index in [9.17, 15) is 0 Å². The van der Waals surface area contributed by atoms with Gasteiger partial charge in [-0.3, -0.25) is 0 Å². The van der Waals surface area contributed by atoms with Crippen molar-refractivity contribution < 1.29 is 9.47 Å². The van der Waals surface area contributed by atoms with Gasteiger partial charge in [0.05, 0.1) is 11.6 Å². The van der Waals surface area contributed by atoms with Crippen molar-refractivity contribution in [2.24, 2.45) is 0 Å². The minimum atomic E-state index is 0.573. The molecule has 2 nitrogen and oxygen atoms in total. The molecule has 1 aromatic heterocycles. The number of halogens is 1. The van der Waals surface area contributed by atoms with Crippen molar-refractivity contribution in [1.82, 2.24) is 0 Å². The summed E-state index contributed by atoms with van der Waals surface area (Å²) in [6.07, 6.45) is 0. The third-order valence-corrected chi connectivity index (χ3v) is 5.13. The number of fused-ring (bicyclic) bond motifs is 1. The van der Waals surface area contributed by atoms with E-state index >= 15 is 0 Å². The molecule has 0 saturated carbocycles. The Morgan fingerprint density at radius 1 is 1.10 bits per heavy atom. The van der Waals surface area contributed by atoms with Crippen LogP contribution in [0.2, 0.25) is 0 Å². The second-order valence-corrected chi connectivity index (χ2v) is 6.15. The Bertz CT molecular complexity index is 722. The van der Waals surface area contributed by atoms with Gasteiger partial charge < -0.3 is 9.47 Å². The molecule has 0 aliphatic carbocycles. The molecular weight excluding hydrogens is 336 g/mol. The van der Waals surface area contributed by atoms with Crippen molar-refractivity contribution >= 4 is 37.4 Å². The molecule has 0 atom stereocenters. The van der Waals surface area contributed by atoms with Gasteiger partial charge in [-0.25, -0.2) is 0 Å². The van der Waals surface area contributed by atoms with Crippen LogP contribution in [-0.4, -0.2) is 7.11 Å². The molecule has 102 valence electrons. The lowest BCUT2D eigenvalue weighted by atomic mass is 10.2. The highest BCUT2D eigenvalue weighted by molar-refractivity contribution is 9.10. The van der Waals surface area contributed by atoms with E-state index in [1.165, 1.54) is 0 Å². The van der Waals surface area contributed by atoms with Crippen LogP contribution in [0.15, 0.2) is 53.0 Å². The summed E-state index contributed by atoms with van der Waals surface area (Å²) in [5.41, 5.74) is 1.16. The lowest BCUT2D eigenvalue weighted by molar-refractivity contribution is 0.314. The summed E-state index contributed by atoms with van der Waals surface area (Å²) in [6, 6.07) is 16.2. The molecule has 0 bridgehead atoms. The Hall–Kier alpha value is -1.52. The van der Waals surface area contributed by atoms with Gasteiger partial charge in [0.15, 0.2) is 5.06 Å². The van der Waals surface area contributed by atoms with Gasteiger partial charge in [-0.05, 0) is 39.7 Å². The van der Waals surface area contributed by atoms with Crippen LogP contribution in [-0.2, 0) is 6.61 Å². The predicted octanol–water partition coefficient (Wildman–Crippen LogP) is 5.25. The fourth-order valence-electron chi connectivity index (χ4n) is 1.97. The van der Waals surface area contributed by atoms with Gasteiger partial charge in [0, 0.05) is 10.1 Å². The van der Waals surface area contributed by atoms with Crippen LogP contribution in [0.5, 0.6) is 10.8 Å². The molecule has 0 aliphatic heterocycles. The third-order valence-electron chi connectivity index (χ3n) is 3.02. The Labute approximate surface area is 130 Å². The normalized spacial score (nSPS) is 10.7. The van der Waals surface area contributed by atoms with Gasteiger partial charge in [0.25, 0.3) is 0 Å². The summed E-state index contributed by atoms with van der Waals surface area (Å²) in [5.74, 6) is 0.862. The zero-order chi connectivity index (χ0) is 13.9. The minimum Gasteiger partial charge on any atom is -0.497 e. The number of benzene rings is 2. The van der Waals surface area contributed by atoms with Gasteiger partial charge in [0.1, 0.15) is 12.4 Å². The van der Waals surface area contributed by atoms with Crippen LogP contribution in [0, 0.1) is 0 Å². The minimum absolute atomic E-state index is 0.573. The van der Waals surface area contributed by atoms with Crippen LogP contribution in [0.25, 0.3) is 10.1 Å². The van der Waals surface area contributed by atoms with Gasteiger partial charge >= 0.3 is 0 Å². The van der Waals surface area contributed by atoms with Crippen molar-refractivity contribution in [3.05, 3.63) is 58.6 Å². The first-order chi connectivity index (χ1) is 9.78. The van der Waals surface area contributed by atoms with Gasteiger partial charge in [-0.1, -0.05) is 41.7 Å². The molecule has 4 heteroatoms. The highest BCUT2D eigenvalue weighted by Crippen LogP contribution is 2.43. The highest BCUT2D eigenvalue weighted by atomic mass is 79.9. The standard InChI is InChI=1S/C16H13BrO2S/c1-18-12-7-8-13-14(9-12)20-16(15(13)17)19-10-11-5-3-2-4-6-11/h2-9H,10H2,1H3. The van der Waals surface area contributed by atoms with Gasteiger partial charge in [-0.2, -0.15) is 0 Å². The van der Waals surface area contributed by atoms with Crippen molar-refractivity contribution in [2.75, 3.05) is 7.11 Å². The molecule has 0 radical (unpaired) electrons. The topological polar surface area (TPSA) is 18.5 Å². The molecule has 0 aliphatic rings. The molecule has 20 heavy (non-hydrogen) atoms.